The van der Waals surface area contributed by atoms with Gasteiger partial charge in [-0.15, -0.1) is 0 Å². The van der Waals surface area contributed by atoms with Crippen LogP contribution in [-0.4, -0.2) is 6.04 Å². The first-order valence-corrected chi connectivity index (χ1v) is 3.75. The monoisotopic (exact) mass is 125 g/mol. The minimum Gasteiger partial charge on any atom is -0.388 e. The molecule has 1 N–H and O–H groups in total. The third-order valence-corrected chi connectivity index (χ3v) is 2.15. The van der Waals surface area contributed by atoms with E-state index in [0.29, 0.717) is 6.04 Å². The van der Waals surface area contributed by atoms with E-state index >= 15 is 0 Å². The first-order valence-electron chi connectivity index (χ1n) is 3.75. The molecule has 0 aromatic carbocycles. The summed E-state index contributed by atoms with van der Waals surface area (Å²) in [6, 6.07) is 0.681. The van der Waals surface area contributed by atoms with Crippen LogP contribution < -0.4 is 5.32 Å². The van der Waals surface area contributed by atoms with Crippen LogP contribution in [0.4, 0.5) is 0 Å². The van der Waals surface area contributed by atoms with E-state index < -0.39 is 0 Å². The van der Waals surface area contributed by atoms with Gasteiger partial charge in [0.25, 0.3) is 0 Å². The molecule has 0 bridgehead atoms. The summed E-state index contributed by atoms with van der Waals surface area (Å²) in [6.07, 6.45) is 6.83. The fourth-order valence-electron chi connectivity index (χ4n) is 1.32. The zero-order valence-corrected chi connectivity index (χ0v) is 6.22. The minimum absolute atomic E-state index is 0.681. The van der Waals surface area contributed by atoms with Crippen molar-refractivity contribution < 1.29 is 0 Å². The Morgan fingerprint density at radius 1 is 1.67 bits per heavy atom. The average molecular weight is 125 g/mol. The maximum atomic E-state index is 3.30. The summed E-state index contributed by atoms with van der Waals surface area (Å²) in [4.78, 5) is 0. The third-order valence-electron chi connectivity index (χ3n) is 2.15. The van der Waals surface area contributed by atoms with Crippen molar-refractivity contribution in [2.75, 3.05) is 0 Å². The lowest BCUT2D eigenvalue weighted by Gasteiger charge is -2.25. The van der Waals surface area contributed by atoms with Crippen molar-refractivity contribution in [3.05, 3.63) is 12.3 Å². The van der Waals surface area contributed by atoms with Gasteiger partial charge in [0.2, 0.25) is 0 Å². The lowest BCUT2D eigenvalue weighted by atomic mass is 9.93. The van der Waals surface area contributed by atoms with Gasteiger partial charge >= 0.3 is 0 Å². The zero-order valence-electron chi connectivity index (χ0n) is 6.22. The molecule has 2 atom stereocenters. The van der Waals surface area contributed by atoms with E-state index in [1.165, 1.54) is 12.8 Å². The Hall–Kier alpha value is -0.460. The molecule has 1 heteroatoms. The summed E-state index contributed by atoms with van der Waals surface area (Å²) in [5, 5.41) is 3.30. The van der Waals surface area contributed by atoms with Gasteiger partial charge in [0.1, 0.15) is 0 Å². The van der Waals surface area contributed by atoms with Crippen LogP contribution in [0.1, 0.15) is 26.7 Å². The summed E-state index contributed by atoms with van der Waals surface area (Å²) < 4.78 is 0. The van der Waals surface area contributed by atoms with Gasteiger partial charge in [-0.25, -0.2) is 0 Å². The number of hydrogen-bond acceptors (Lipinski definition) is 1. The number of allylic oxidation sites excluding steroid dienone is 1. The molecule has 52 valence electrons. The van der Waals surface area contributed by atoms with Crippen LogP contribution in [0.2, 0.25) is 0 Å². The van der Waals surface area contributed by atoms with Crippen molar-refractivity contribution in [1.82, 2.24) is 5.32 Å². The van der Waals surface area contributed by atoms with E-state index in [1.54, 1.807) is 0 Å². The first-order chi connectivity index (χ1) is 4.34. The summed E-state index contributed by atoms with van der Waals surface area (Å²) >= 11 is 0. The van der Waals surface area contributed by atoms with Gasteiger partial charge in [-0.2, -0.15) is 0 Å². The highest BCUT2D eigenvalue weighted by Crippen LogP contribution is 2.16. The fraction of sp³-hybridized carbons (Fsp3) is 0.750. The van der Waals surface area contributed by atoms with Crippen molar-refractivity contribution in [2.24, 2.45) is 5.92 Å². The molecule has 0 spiro atoms. The molecule has 0 aromatic rings. The van der Waals surface area contributed by atoms with Crippen LogP contribution in [0.5, 0.6) is 0 Å². The van der Waals surface area contributed by atoms with E-state index in [1.807, 2.05) is 0 Å². The predicted molar refractivity (Wildman–Crippen MR) is 40.1 cm³/mol. The molecule has 0 aliphatic carbocycles. The molecule has 9 heavy (non-hydrogen) atoms. The number of rotatable bonds is 1. The van der Waals surface area contributed by atoms with Gasteiger partial charge in [-0.1, -0.05) is 19.4 Å². The maximum Gasteiger partial charge on any atom is 0.0258 e. The Balaban J connectivity index is 2.43. The molecule has 2 unspecified atom stereocenters. The molecule has 1 nitrogen and oxygen atoms in total. The molecule has 0 aromatic heterocycles. The molecule has 0 saturated heterocycles. The van der Waals surface area contributed by atoms with Crippen LogP contribution >= 0.6 is 0 Å². The summed E-state index contributed by atoms with van der Waals surface area (Å²) in [5.74, 6) is 0.856. The molecule has 1 rings (SSSR count). The van der Waals surface area contributed by atoms with Crippen LogP contribution in [0.15, 0.2) is 12.3 Å². The van der Waals surface area contributed by atoms with E-state index in [-0.39, 0.29) is 0 Å². The zero-order chi connectivity index (χ0) is 6.69. The van der Waals surface area contributed by atoms with E-state index in [9.17, 15) is 0 Å². The lowest BCUT2D eigenvalue weighted by Crippen LogP contribution is -2.31. The van der Waals surface area contributed by atoms with Crippen LogP contribution in [0.25, 0.3) is 0 Å². The van der Waals surface area contributed by atoms with E-state index in [2.05, 4.69) is 31.4 Å². The van der Waals surface area contributed by atoms with Crippen LogP contribution in [-0.2, 0) is 0 Å². The Bertz CT molecular complexity index is 107. The molecule has 1 aliphatic rings. The smallest absolute Gasteiger partial charge is 0.0258 e. The molecular weight excluding hydrogens is 110 g/mol. The van der Waals surface area contributed by atoms with E-state index in [0.717, 1.165) is 5.92 Å². The Labute approximate surface area is 57.1 Å². The topological polar surface area (TPSA) is 12.0 Å². The summed E-state index contributed by atoms with van der Waals surface area (Å²) in [5.41, 5.74) is 0. The summed E-state index contributed by atoms with van der Waals surface area (Å²) in [6.45, 7) is 4.50. The van der Waals surface area contributed by atoms with Gasteiger partial charge in [0.05, 0.1) is 0 Å². The average Bonchev–Trinajstić information content (AvgIpc) is 1.89. The maximum absolute atomic E-state index is 3.30. The largest absolute Gasteiger partial charge is 0.388 e. The normalized spacial score (nSPS) is 34.0. The van der Waals surface area contributed by atoms with Gasteiger partial charge < -0.3 is 5.32 Å². The Morgan fingerprint density at radius 2 is 2.44 bits per heavy atom. The van der Waals surface area contributed by atoms with Crippen molar-refractivity contribution >= 4 is 0 Å². The quantitative estimate of drug-likeness (QED) is 0.564. The molecular formula is C8H15N. The van der Waals surface area contributed by atoms with Crippen LogP contribution in [0, 0.1) is 5.92 Å². The van der Waals surface area contributed by atoms with Gasteiger partial charge in [0.15, 0.2) is 0 Å². The second-order valence-corrected chi connectivity index (χ2v) is 2.76. The molecule has 0 radical (unpaired) electrons. The van der Waals surface area contributed by atoms with Crippen molar-refractivity contribution in [2.45, 2.75) is 32.7 Å². The second kappa shape index (κ2) is 2.90. The van der Waals surface area contributed by atoms with Crippen molar-refractivity contribution in [3.63, 3.8) is 0 Å². The second-order valence-electron chi connectivity index (χ2n) is 2.76. The van der Waals surface area contributed by atoms with Gasteiger partial charge in [-0.3, -0.25) is 0 Å². The fourth-order valence-corrected chi connectivity index (χ4v) is 1.32. The highest BCUT2D eigenvalue weighted by molar-refractivity contribution is 4.92. The highest BCUT2D eigenvalue weighted by atomic mass is 14.9. The van der Waals surface area contributed by atoms with Crippen molar-refractivity contribution in [1.29, 1.82) is 0 Å². The molecule has 1 aliphatic heterocycles. The number of hydrogen-bond donors (Lipinski definition) is 1. The van der Waals surface area contributed by atoms with Gasteiger partial charge in [0, 0.05) is 6.04 Å². The Kier molecular flexibility index (Phi) is 2.15. The van der Waals surface area contributed by atoms with E-state index in [4.69, 9.17) is 0 Å². The van der Waals surface area contributed by atoms with Crippen LogP contribution in [0.3, 0.4) is 0 Å². The molecule has 1 heterocycles. The third kappa shape index (κ3) is 1.47. The standard InChI is InChI=1S/C8H15N/c1-3-8-5-4-6-9-7(8)2/h4,6-9H,3,5H2,1-2H3. The molecule has 0 amide bonds. The SMILES string of the molecule is CCC1CC=CNC1C. The van der Waals surface area contributed by atoms with Crippen molar-refractivity contribution in [3.8, 4) is 0 Å². The lowest BCUT2D eigenvalue weighted by molar-refractivity contribution is 0.381. The van der Waals surface area contributed by atoms with Gasteiger partial charge in [-0.05, 0) is 25.5 Å². The molecule has 0 saturated carbocycles. The summed E-state index contributed by atoms with van der Waals surface area (Å²) in [7, 11) is 0. The first kappa shape index (κ1) is 6.66. The number of nitrogens with one attached hydrogen (secondary N) is 1. The molecule has 0 fully saturated rings. The minimum atomic E-state index is 0.681. The Morgan fingerprint density at radius 3 is 2.89 bits per heavy atom. The highest BCUT2D eigenvalue weighted by Gasteiger charge is 2.14. The predicted octanol–water partition coefficient (Wildman–Crippen LogP) is 1.91.